The van der Waals surface area contributed by atoms with Crippen LogP contribution in [0.25, 0.3) is 0 Å². The van der Waals surface area contributed by atoms with E-state index in [9.17, 15) is 19.4 Å². The van der Waals surface area contributed by atoms with Crippen LogP contribution in [0.5, 0.6) is 0 Å². The number of aliphatic hydroxyl groups excluding tert-OH is 1. The number of carbonyl (C=O) groups is 1. The molecule has 1 amide bonds. The number of amides is 1. The fraction of sp³-hybridized carbons (Fsp3) is 0.820. The van der Waals surface area contributed by atoms with Gasteiger partial charge in [0.05, 0.1) is 39.9 Å². The van der Waals surface area contributed by atoms with Crippen molar-refractivity contribution in [1.29, 1.82) is 0 Å². The van der Waals surface area contributed by atoms with Crippen LogP contribution >= 0.6 is 7.82 Å². The molecule has 0 fully saturated rings. The van der Waals surface area contributed by atoms with Crippen LogP contribution in [-0.2, 0) is 18.4 Å². The highest BCUT2D eigenvalue weighted by molar-refractivity contribution is 7.47. The van der Waals surface area contributed by atoms with Crippen molar-refractivity contribution in [3.63, 3.8) is 0 Å². The molecule has 0 aromatic heterocycles. The lowest BCUT2D eigenvalue weighted by Gasteiger charge is -2.25. The first-order valence-corrected chi connectivity index (χ1v) is 26.0. The smallest absolute Gasteiger partial charge is 0.387 e. The molecule has 0 saturated carbocycles. The number of phosphoric ester groups is 1. The normalized spacial score (nSPS) is 14.6. The van der Waals surface area contributed by atoms with E-state index in [1.54, 1.807) is 6.08 Å². The summed E-state index contributed by atoms with van der Waals surface area (Å²) in [7, 11) is 1.54. The summed E-state index contributed by atoms with van der Waals surface area (Å²) in [4.78, 5) is 23.1. The number of carbonyl (C=O) groups excluding carboxylic acids is 1. The number of unbranched alkanes of at least 4 members (excludes halogenated alkanes) is 25. The van der Waals surface area contributed by atoms with E-state index in [-0.39, 0.29) is 19.1 Å². The van der Waals surface area contributed by atoms with Gasteiger partial charge < -0.3 is 19.8 Å². The molecule has 0 saturated heterocycles. The summed E-state index contributed by atoms with van der Waals surface area (Å²) in [6.07, 6.45) is 53.4. The van der Waals surface area contributed by atoms with Gasteiger partial charge in [0.15, 0.2) is 0 Å². The van der Waals surface area contributed by atoms with Gasteiger partial charge in [-0.1, -0.05) is 184 Å². The second-order valence-electron chi connectivity index (χ2n) is 17.8. The lowest BCUT2D eigenvalue weighted by molar-refractivity contribution is -0.870. The van der Waals surface area contributed by atoms with Gasteiger partial charge in [0.2, 0.25) is 5.91 Å². The molecule has 0 aliphatic rings. The summed E-state index contributed by atoms with van der Waals surface area (Å²) in [5, 5.41) is 13.8. The van der Waals surface area contributed by atoms with E-state index in [1.165, 1.54) is 135 Å². The van der Waals surface area contributed by atoms with Crippen LogP contribution in [-0.4, -0.2) is 73.4 Å². The summed E-state index contributed by atoms with van der Waals surface area (Å²) >= 11 is 0. The molecule has 59 heavy (non-hydrogen) atoms. The number of rotatable bonds is 44. The Morgan fingerprint density at radius 1 is 0.559 bits per heavy atom. The Hall–Kier alpha value is -1.54. The van der Waals surface area contributed by atoms with Gasteiger partial charge in [0.1, 0.15) is 13.2 Å². The third kappa shape index (κ3) is 44.3. The number of nitrogens with one attached hydrogen (secondary N) is 1. The van der Waals surface area contributed by atoms with Gasteiger partial charge in [0, 0.05) is 6.42 Å². The Kier molecular flexibility index (Phi) is 40.7. The molecule has 0 aromatic rings. The molecule has 0 aromatic carbocycles. The summed E-state index contributed by atoms with van der Waals surface area (Å²) < 4.78 is 23.6. The van der Waals surface area contributed by atoms with Gasteiger partial charge in [-0.25, -0.2) is 4.57 Å². The maximum absolute atomic E-state index is 12.9. The standard InChI is InChI=1S/C50H95N2O6P/c1-6-8-10-12-14-16-18-20-21-22-23-24-25-26-27-28-29-30-32-33-35-37-39-41-43-49(53)48(47-58-59(55,56)57-46-45-52(3,4)5)51-50(54)44-42-40-38-36-34-31-19-17-15-13-11-9-7-2/h17,19,28-29,33,35,41,43,48-49,53H,6-16,18,20-27,30-32,34,36-40,42,44-47H2,1-5H3,(H-,51,54,55,56)/p+1/b19-17-,29-28+,35-33+,43-41+. The van der Waals surface area contributed by atoms with Crippen molar-refractivity contribution in [3.05, 3.63) is 48.6 Å². The molecule has 3 atom stereocenters. The SMILES string of the molecule is CCCCCC/C=C\CCCCCCCC(=O)NC(COP(=O)(O)OCC[N+](C)(C)C)C(O)/C=C/CC/C=C/CC/C=C/CCCCCCCCCCCCCCCC. The molecule has 0 radical (unpaired) electrons. The Bertz CT molecular complexity index is 1100. The summed E-state index contributed by atoms with van der Waals surface area (Å²) in [6.45, 7) is 4.76. The van der Waals surface area contributed by atoms with Crippen molar-refractivity contribution in [2.45, 2.75) is 225 Å². The summed E-state index contributed by atoms with van der Waals surface area (Å²) in [5.74, 6) is -0.202. The van der Waals surface area contributed by atoms with E-state index in [0.717, 1.165) is 57.8 Å². The number of hydrogen-bond donors (Lipinski definition) is 3. The zero-order valence-electron chi connectivity index (χ0n) is 39.2. The molecule has 3 N–H and O–H groups in total. The van der Waals surface area contributed by atoms with Crippen molar-refractivity contribution in [1.82, 2.24) is 5.32 Å². The minimum atomic E-state index is -4.35. The molecule has 0 aliphatic carbocycles. The van der Waals surface area contributed by atoms with Gasteiger partial charge in [-0.3, -0.25) is 13.8 Å². The van der Waals surface area contributed by atoms with Crippen LogP contribution < -0.4 is 5.32 Å². The lowest BCUT2D eigenvalue weighted by atomic mass is 10.0. The Balaban J connectivity index is 4.39. The number of quaternary nitrogens is 1. The maximum Gasteiger partial charge on any atom is 0.472 e. The number of allylic oxidation sites excluding steroid dienone is 7. The lowest BCUT2D eigenvalue weighted by Crippen LogP contribution is -2.45. The first kappa shape index (κ1) is 57.5. The van der Waals surface area contributed by atoms with Crippen LogP contribution in [0.4, 0.5) is 0 Å². The molecule has 0 heterocycles. The third-order valence-electron chi connectivity index (χ3n) is 10.7. The second-order valence-corrected chi connectivity index (χ2v) is 19.3. The molecule has 346 valence electrons. The van der Waals surface area contributed by atoms with Crippen LogP contribution in [0.3, 0.4) is 0 Å². The highest BCUT2D eigenvalue weighted by atomic mass is 31.2. The number of likely N-dealkylation sites (N-methyl/N-ethyl adjacent to an activating group) is 1. The minimum absolute atomic E-state index is 0.0510. The maximum atomic E-state index is 12.9. The van der Waals surface area contributed by atoms with Crippen LogP contribution in [0.1, 0.15) is 213 Å². The van der Waals surface area contributed by atoms with E-state index in [0.29, 0.717) is 17.4 Å². The molecular formula is C50H96N2O6P+. The van der Waals surface area contributed by atoms with Crippen LogP contribution in [0.15, 0.2) is 48.6 Å². The molecule has 0 bridgehead atoms. The van der Waals surface area contributed by atoms with Gasteiger partial charge in [-0.2, -0.15) is 0 Å². The third-order valence-corrected chi connectivity index (χ3v) is 11.7. The van der Waals surface area contributed by atoms with E-state index in [1.807, 2.05) is 27.2 Å². The Morgan fingerprint density at radius 2 is 0.932 bits per heavy atom. The van der Waals surface area contributed by atoms with E-state index >= 15 is 0 Å². The number of aliphatic hydroxyl groups is 1. The zero-order valence-corrected chi connectivity index (χ0v) is 40.1. The van der Waals surface area contributed by atoms with Crippen LogP contribution in [0.2, 0.25) is 0 Å². The molecule has 0 aliphatic heterocycles. The van der Waals surface area contributed by atoms with Crippen molar-refractivity contribution < 1.29 is 32.9 Å². The molecular weight excluding hydrogens is 756 g/mol. The zero-order chi connectivity index (χ0) is 43.6. The summed E-state index contributed by atoms with van der Waals surface area (Å²) in [5.41, 5.74) is 0. The molecule has 3 unspecified atom stereocenters. The average Bonchev–Trinajstić information content (AvgIpc) is 3.19. The fourth-order valence-corrected chi connectivity index (χ4v) is 7.57. The molecule has 9 heteroatoms. The van der Waals surface area contributed by atoms with Crippen LogP contribution in [0, 0.1) is 0 Å². The first-order valence-electron chi connectivity index (χ1n) is 24.5. The largest absolute Gasteiger partial charge is 0.472 e. The Morgan fingerprint density at radius 3 is 1.37 bits per heavy atom. The Labute approximate surface area is 365 Å². The topological polar surface area (TPSA) is 105 Å². The first-order chi connectivity index (χ1) is 28.5. The highest BCUT2D eigenvalue weighted by Crippen LogP contribution is 2.43. The van der Waals surface area contributed by atoms with Gasteiger partial charge in [-0.15, -0.1) is 0 Å². The van der Waals surface area contributed by atoms with Crippen molar-refractivity contribution >= 4 is 13.7 Å². The average molecular weight is 852 g/mol. The van der Waals surface area contributed by atoms with Gasteiger partial charge in [-0.05, 0) is 70.6 Å². The van der Waals surface area contributed by atoms with Gasteiger partial charge in [0.25, 0.3) is 0 Å². The fourth-order valence-electron chi connectivity index (χ4n) is 6.83. The summed E-state index contributed by atoms with van der Waals surface area (Å²) in [6, 6.07) is -0.873. The predicted octanol–water partition coefficient (Wildman–Crippen LogP) is 14.0. The number of hydrogen-bond acceptors (Lipinski definition) is 5. The second kappa shape index (κ2) is 41.8. The van der Waals surface area contributed by atoms with Crippen molar-refractivity contribution in [2.24, 2.45) is 0 Å². The molecule has 0 rings (SSSR count). The van der Waals surface area contributed by atoms with Crippen molar-refractivity contribution in [2.75, 3.05) is 40.9 Å². The quantitative estimate of drug-likeness (QED) is 0.0244. The van der Waals surface area contributed by atoms with E-state index < -0.39 is 20.0 Å². The molecule has 0 spiro atoms. The van der Waals surface area contributed by atoms with Gasteiger partial charge >= 0.3 is 7.82 Å². The van der Waals surface area contributed by atoms with Crippen molar-refractivity contribution in [3.8, 4) is 0 Å². The number of phosphoric acid groups is 1. The molecule has 8 nitrogen and oxygen atoms in total. The predicted molar refractivity (Wildman–Crippen MR) is 254 cm³/mol. The monoisotopic (exact) mass is 852 g/mol. The highest BCUT2D eigenvalue weighted by Gasteiger charge is 2.27. The van der Waals surface area contributed by atoms with E-state index in [2.05, 4.69) is 55.6 Å². The minimum Gasteiger partial charge on any atom is -0.387 e. The van der Waals surface area contributed by atoms with E-state index in [4.69, 9.17) is 9.05 Å². The number of nitrogens with zero attached hydrogens (tertiary/aromatic N) is 1.